The molecule has 17 heteroatoms. The summed E-state index contributed by atoms with van der Waals surface area (Å²) in [5.74, 6) is -1.33. The van der Waals surface area contributed by atoms with E-state index in [1.54, 1.807) is 19.0 Å². The number of nitrogens with one attached hydrogen (secondary N) is 5. The Hall–Kier alpha value is -4.25. The molecule has 12 nitrogen and oxygen atoms in total. The van der Waals surface area contributed by atoms with Crippen molar-refractivity contribution in [3.63, 3.8) is 0 Å². The van der Waals surface area contributed by atoms with E-state index < -0.39 is 36.3 Å². The van der Waals surface area contributed by atoms with E-state index in [4.69, 9.17) is 16.3 Å². The molecule has 1 saturated carbocycles. The highest BCUT2D eigenvalue weighted by molar-refractivity contribution is 8.01. The lowest BCUT2D eigenvalue weighted by Crippen LogP contribution is -2.54. The van der Waals surface area contributed by atoms with Crippen LogP contribution in [0.2, 0.25) is 5.02 Å². The molecule has 5 N–H and O–H groups in total. The zero-order chi connectivity index (χ0) is 38.4. The Morgan fingerprint density at radius 2 is 1.94 bits per heavy atom. The largest absolute Gasteiger partial charge is 0.416 e. The van der Waals surface area contributed by atoms with Crippen molar-refractivity contribution >= 4 is 59.9 Å². The number of aliphatic imine (C=N–C) groups is 1. The number of rotatable bonds is 21. The molecule has 1 unspecified atom stereocenters. The third kappa shape index (κ3) is 12.4. The minimum Gasteiger partial charge on any atom is -0.390 e. The van der Waals surface area contributed by atoms with Crippen LogP contribution in [0, 0.1) is 0 Å². The molecule has 2 aromatic carbocycles. The molecule has 2 aliphatic rings. The standard InChI is InChI=1S/C36H46ClF3N8O4S/c1-4-29(41-2)33(47(18-16-43-23-49)17-13-24-7-5-6-8-30(24)46-53-27-10-11-27)35(51)48(45-34(42-3)25-14-19-52-20-15-25)22-32(50)44-31-12-9-26(21-28(31)37)36(38,39)40/h5-9,12,14,21,23,27,34,41,45-46H,3-4,10-11,13,15-20,22H2,1-2H3,(H,43,49)(H,44,50)/b33-29+. The molecule has 1 fully saturated rings. The first kappa shape index (κ1) is 41.5. The number of carbonyl (C=O) groups is 3. The van der Waals surface area contributed by atoms with Gasteiger partial charge in [0.15, 0.2) is 0 Å². The molecule has 0 bridgehead atoms. The number of amides is 3. The first-order chi connectivity index (χ1) is 25.5. The first-order valence-corrected chi connectivity index (χ1v) is 18.5. The highest BCUT2D eigenvalue weighted by Gasteiger charge is 2.33. The van der Waals surface area contributed by atoms with Crippen molar-refractivity contribution in [2.75, 3.05) is 56.5 Å². The molecule has 0 radical (unpaired) electrons. The number of hydrogen-bond donors (Lipinski definition) is 5. The molecular formula is C36H46ClF3N8O4S. The number of hydrazine groups is 1. The maximum absolute atomic E-state index is 14.9. The molecule has 0 aromatic heterocycles. The molecule has 1 atom stereocenters. The number of carbonyl (C=O) groups excluding carboxylic acids is 3. The van der Waals surface area contributed by atoms with Gasteiger partial charge in [-0.1, -0.05) is 42.8 Å². The summed E-state index contributed by atoms with van der Waals surface area (Å²) in [4.78, 5) is 45.8. The summed E-state index contributed by atoms with van der Waals surface area (Å²) in [5, 5.41) is 9.73. The van der Waals surface area contributed by atoms with Crippen LogP contribution >= 0.6 is 23.5 Å². The van der Waals surface area contributed by atoms with E-state index in [9.17, 15) is 27.6 Å². The fraction of sp³-hybridized carbons (Fsp3) is 0.444. The monoisotopic (exact) mass is 778 g/mol. The Morgan fingerprint density at radius 3 is 2.57 bits per heavy atom. The predicted octanol–water partition coefficient (Wildman–Crippen LogP) is 5.36. The summed E-state index contributed by atoms with van der Waals surface area (Å²) < 4.78 is 48.7. The minimum absolute atomic E-state index is 0.0588. The molecule has 1 aliphatic heterocycles. The van der Waals surface area contributed by atoms with Gasteiger partial charge in [0, 0.05) is 43.3 Å². The molecule has 53 heavy (non-hydrogen) atoms. The van der Waals surface area contributed by atoms with Crippen LogP contribution in [0.1, 0.15) is 43.7 Å². The average Bonchev–Trinajstić information content (AvgIpc) is 3.98. The number of anilines is 2. The lowest BCUT2D eigenvalue weighted by atomic mass is 10.1. The van der Waals surface area contributed by atoms with Gasteiger partial charge in [-0.15, -0.1) is 0 Å². The number of alkyl halides is 3. The second kappa shape index (κ2) is 20.3. The summed E-state index contributed by atoms with van der Waals surface area (Å²) in [6.45, 7) is 6.62. The first-order valence-electron chi connectivity index (χ1n) is 17.3. The summed E-state index contributed by atoms with van der Waals surface area (Å²) in [6.07, 6.45) is 0.777. The van der Waals surface area contributed by atoms with E-state index in [0.717, 1.165) is 40.0 Å². The smallest absolute Gasteiger partial charge is 0.390 e. The Labute approximate surface area is 317 Å². The maximum Gasteiger partial charge on any atom is 0.416 e. The quantitative estimate of drug-likeness (QED) is 0.0216. The van der Waals surface area contributed by atoms with Crippen molar-refractivity contribution in [3.05, 3.63) is 81.7 Å². The van der Waals surface area contributed by atoms with Gasteiger partial charge in [0.05, 0.1) is 29.5 Å². The van der Waals surface area contributed by atoms with E-state index in [1.807, 2.05) is 42.2 Å². The number of ether oxygens (including phenoxy) is 1. The number of nitrogens with zero attached hydrogens (tertiary/aromatic N) is 3. The van der Waals surface area contributed by atoms with Crippen LogP contribution in [0.25, 0.3) is 0 Å². The molecule has 0 spiro atoms. The van der Waals surface area contributed by atoms with Gasteiger partial charge in [-0.3, -0.25) is 24.4 Å². The lowest BCUT2D eigenvalue weighted by Gasteiger charge is -2.34. The topological polar surface area (TPSA) is 139 Å². The lowest BCUT2D eigenvalue weighted by molar-refractivity contribution is -0.137. The van der Waals surface area contributed by atoms with Gasteiger partial charge in [-0.25, -0.2) is 5.43 Å². The fourth-order valence-corrected chi connectivity index (χ4v) is 6.64. The second-order valence-electron chi connectivity index (χ2n) is 12.3. The van der Waals surface area contributed by atoms with Crippen molar-refractivity contribution < 1.29 is 32.3 Å². The number of para-hydroxylation sites is 1. The van der Waals surface area contributed by atoms with Crippen molar-refractivity contribution in [2.24, 2.45) is 4.99 Å². The summed E-state index contributed by atoms with van der Waals surface area (Å²) in [7, 11) is 1.69. The molecule has 288 valence electrons. The van der Waals surface area contributed by atoms with E-state index in [2.05, 4.69) is 37.8 Å². The van der Waals surface area contributed by atoms with Gasteiger partial charge in [-0.2, -0.15) is 13.2 Å². The van der Waals surface area contributed by atoms with Crippen molar-refractivity contribution in [1.82, 2.24) is 26.0 Å². The SMILES string of the molecule is C=NC(NN(CC(=O)Nc1ccc(C(F)(F)F)cc1Cl)C(=O)/C(=C(/CC)NC)N(CCNC=O)CCc1ccccc1NSC1CC1)C1=CCOCC1. The highest BCUT2D eigenvalue weighted by atomic mass is 35.5. The van der Waals surface area contributed by atoms with Gasteiger partial charge in [-0.05, 0) is 86.2 Å². The molecule has 4 rings (SSSR count). The highest BCUT2D eigenvalue weighted by Crippen LogP contribution is 2.36. The van der Waals surface area contributed by atoms with Gasteiger partial charge in [0.25, 0.3) is 5.91 Å². The molecule has 1 heterocycles. The Balaban J connectivity index is 1.67. The number of allylic oxidation sites excluding steroid dienone is 1. The van der Waals surface area contributed by atoms with Crippen LogP contribution in [-0.4, -0.2) is 92.7 Å². The van der Waals surface area contributed by atoms with Crippen LogP contribution in [-0.2, 0) is 31.7 Å². The Kier molecular flexibility index (Phi) is 15.9. The third-order valence-electron chi connectivity index (χ3n) is 8.53. The van der Waals surface area contributed by atoms with Crippen molar-refractivity contribution in [1.29, 1.82) is 0 Å². The normalized spacial score (nSPS) is 15.3. The molecule has 3 amide bonds. The molecule has 1 aliphatic carbocycles. The van der Waals surface area contributed by atoms with Crippen LogP contribution in [0.15, 0.2) is 70.5 Å². The van der Waals surface area contributed by atoms with Gasteiger partial charge in [0.2, 0.25) is 12.3 Å². The van der Waals surface area contributed by atoms with Crippen LogP contribution in [0.5, 0.6) is 0 Å². The number of benzene rings is 2. The van der Waals surface area contributed by atoms with E-state index >= 15 is 0 Å². The Morgan fingerprint density at radius 1 is 1.17 bits per heavy atom. The third-order valence-corrected chi connectivity index (χ3v) is 9.98. The van der Waals surface area contributed by atoms with Crippen LogP contribution in [0.3, 0.4) is 0 Å². The van der Waals surface area contributed by atoms with Crippen molar-refractivity contribution in [2.45, 2.75) is 56.6 Å². The molecular weight excluding hydrogens is 733 g/mol. The zero-order valence-corrected chi connectivity index (χ0v) is 31.3. The Bertz CT molecular complexity index is 1650. The predicted molar refractivity (Wildman–Crippen MR) is 203 cm³/mol. The summed E-state index contributed by atoms with van der Waals surface area (Å²) >= 11 is 7.83. The zero-order valence-electron chi connectivity index (χ0n) is 29.7. The second-order valence-corrected chi connectivity index (χ2v) is 13.8. The van der Waals surface area contributed by atoms with Crippen LogP contribution in [0.4, 0.5) is 24.5 Å². The van der Waals surface area contributed by atoms with E-state index in [0.29, 0.717) is 56.4 Å². The van der Waals surface area contributed by atoms with E-state index in [-0.39, 0.29) is 29.5 Å². The van der Waals surface area contributed by atoms with Gasteiger partial charge >= 0.3 is 6.18 Å². The van der Waals surface area contributed by atoms with E-state index in [1.165, 1.54) is 12.8 Å². The number of hydrogen-bond acceptors (Lipinski definition) is 10. The van der Waals surface area contributed by atoms with Gasteiger partial charge in [0.1, 0.15) is 18.4 Å². The molecule has 0 saturated heterocycles. The average molecular weight is 779 g/mol. The summed E-state index contributed by atoms with van der Waals surface area (Å²) in [5.41, 5.74) is 5.67. The van der Waals surface area contributed by atoms with Crippen molar-refractivity contribution in [3.8, 4) is 0 Å². The van der Waals surface area contributed by atoms with Gasteiger partial charge < -0.3 is 30.3 Å². The number of halogens is 4. The molecule has 2 aromatic rings. The maximum atomic E-state index is 14.9. The van der Waals surface area contributed by atoms with Crippen LogP contribution < -0.4 is 26.1 Å². The fourth-order valence-electron chi connectivity index (χ4n) is 5.55. The summed E-state index contributed by atoms with van der Waals surface area (Å²) in [6, 6.07) is 10.5. The minimum atomic E-state index is -4.63.